The third kappa shape index (κ3) is 18.9. The average molecular weight is 512 g/mol. The number of aliphatic hydroxyl groups excluding tert-OH is 1. The number of amides is 1. The molecular formula is C22H42NO10P. The lowest BCUT2D eigenvalue weighted by Gasteiger charge is -2.18. The van der Waals surface area contributed by atoms with Crippen molar-refractivity contribution in [3.05, 3.63) is 0 Å². The topological polar surface area (TPSA) is 169 Å². The number of hydrogen-bond donors (Lipinski definition) is 4. The van der Waals surface area contributed by atoms with E-state index in [0.29, 0.717) is 12.8 Å². The Hall–Kier alpha value is -1.52. The number of carbonyl (C=O) groups is 3. The average Bonchev–Trinajstić information content (AvgIpc) is 2.78. The Morgan fingerprint density at radius 1 is 0.824 bits per heavy atom. The van der Waals surface area contributed by atoms with E-state index in [4.69, 9.17) is 9.84 Å². The fraction of sp³-hybridized carbons (Fsp3) is 0.864. The number of unbranched alkanes of at least 4 members (excludes halogenated alkanes) is 8. The van der Waals surface area contributed by atoms with Gasteiger partial charge in [0, 0.05) is 12.8 Å². The first-order valence-corrected chi connectivity index (χ1v) is 13.6. The molecule has 3 unspecified atom stereocenters. The molecule has 4 N–H and O–H groups in total. The van der Waals surface area contributed by atoms with Crippen molar-refractivity contribution in [1.82, 2.24) is 5.32 Å². The monoisotopic (exact) mass is 511 g/mol. The number of aliphatic carboxylic acids is 1. The maximum atomic E-state index is 11.9. The molecular weight excluding hydrogens is 469 g/mol. The van der Waals surface area contributed by atoms with Gasteiger partial charge in [-0.2, -0.15) is 0 Å². The van der Waals surface area contributed by atoms with Crippen molar-refractivity contribution in [3.8, 4) is 0 Å². The first-order valence-electron chi connectivity index (χ1n) is 12.1. The standard InChI is InChI=1S/C22H42NO10P/c1-3-5-6-7-8-9-10-11-12-14-21(26)31-15-18(24)16-32-34(29,30)33-17-19(22(27)28)23-20(25)13-4-2/h18-19,24H,3-17H2,1-2H3,(H,23,25)(H,27,28)(H,29,30). The Bertz CT molecular complexity index is 631. The number of carbonyl (C=O) groups excluding carboxylic acids is 2. The van der Waals surface area contributed by atoms with Crippen molar-refractivity contribution in [2.45, 2.75) is 103 Å². The normalized spacial score (nSPS) is 14.7. The van der Waals surface area contributed by atoms with Crippen LogP contribution < -0.4 is 5.32 Å². The minimum atomic E-state index is -4.70. The molecule has 0 aromatic rings. The van der Waals surface area contributed by atoms with E-state index in [2.05, 4.69) is 21.3 Å². The van der Waals surface area contributed by atoms with Gasteiger partial charge < -0.3 is 25.2 Å². The third-order valence-electron chi connectivity index (χ3n) is 4.87. The van der Waals surface area contributed by atoms with Crippen LogP contribution in [0.3, 0.4) is 0 Å². The zero-order valence-electron chi connectivity index (χ0n) is 20.4. The minimum Gasteiger partial charge on any atom is -0.480 e. The first kappa shape index (κ1) is 32.5. The van der Waals surface area contributed by atoms with E-state index in [-0.39, 0.29) is 12.8 Å². The predicted octanol–water partition coefficient (Wildman–Crippen LogP) is 3.31. The first-order chi connectivity index (χ1) is 16.1. The summed E-state index contributed by atoms with van der Waals surface area (Å²) in [6, 6.07) is -1.53. The molecule has 0 rings (SSSR count). The van der Waals surface area contributed by atoms with Gasteiger partial charge in [0.15, 0.2) is 6.04 Å². The molecule has 0 spiro atoms. The number of ether oxygens (including phenoxy) is 1. The van der Waals surface area contributed by atoms with E-state index < -0.39 is 57.6 Å². The second-order valence-corrected chi connectivity index (χ2v) is 9.64. The molecule has 0 radical (unpaired) electrons. The Kier molecular flexibility index (Phi) is 18.9. The van der Waals surface area contributed by atoms with E-state index in [9.17, 15) is 28.9 Å². The maximum absolute atomic E-state index is 11.9. The lowest BCUT2D eigenvalue weighted by Crippen LogP contribution is -2.43. The van der Waals surface area contributed by atoms with Crippen LogP contribution in [-0.2, 0) is 32.7 Å². The fourth-order valence-electron chi connectivity index (χ4n) is 2.94. The number of carboxylic acids is 1. The zero-order valence-corrected chi connectivity index (χ0v) is 21.3. The van der Waals surface area contributed by atoms with E-state index >= 15 is 0 Å². The van der Waals surface area contributed by atoms with Crippen LogP contribution in [0.25, 0.3) is 0 Å². The number of phosphoric ester groups is 1. The highest BCUT2D eigenvalue weighted by molar-refractivity contribution is 7.47. The molecule has 0 bridgehead atoms. The molecule has 0 fully saturated rings. The van der Waals surface area contributed by atoms with Crippen molar-refractivity contribution in [2.75, 3.05) is 19.8 Å². The van der Waals surface area contributed by atoms with Gasteiger partial charge in [-0.25, -0.2) is 9.36 Å². The van der Waals surface area contributed by atoms with Crippen LogP contribution in [-0.4, -0.2) is 64.9 Å². The summed E-state index contributed by atoms with van der Waals surface area (Å²) < 4.78 is 26.0. The van der Waals surface area contributed by atoms with Crippen LogP contribution in [0.2, 0.25) is 0 Å². The zero-order chi connectivity index (χ0) is 25.8. The minimum absolute atomic E-state index is 0.0983. The van der Waals surface area contributed by atoms with Crippen molar-refractivity contribution in [2.24, 2.45) is 0 Å². The molecule has 200 valence electrons. The second kappa shape index (κ2) is 19.8. The lowest BCUT2D eigenvalue weighted by molar-refractivity contribution is -0.147. The summed E-state index contributed by atoms with van der Waals surface area (Å²) in [5.74, 6) is -2.45. The van der Waals surface area contributed by atoms with Crippen molar-refractivity contribution in [1.29, 1.82) is 0 Å². The van der Waals surface area contributed by atoms with Gasteiger partial charge in [-0.1, -0.05) is 65.2 Å². The summed E-state index contributed by atoms with van der Waals surface area (Å²) in [4.78, 5) is 44.0. The number of hydrogen-bond acceptors (Lipinski definition) is 8. The number of nitrogens with one attached hydrogen (secondary N) is 1. The number of rotatable bonds is 22. The van der Waals surface area contributed by atoms with E-state index in [1.807, 2.05) is 0 Å². The van der Waals surface area contributed by atoms with Gasteiger partial charge in [0.2, 0.25) is 5.91 Å². The Morgan fingerprint density at radius 2 is 1.38 bits per heavy atom. The van der Waals surface area contributed by atoms with E-state index in [1.165, 1.54) is 32.1 Å². The van der Waals surface area contributed by atoms with Gasteiger partial charge >= 0.3 is 19.8 Å². The molecule has 11 nitrogen and oxygen atoms in total. The van der Waals surface area contributed by atoms with Gasteiger partial charge in [0.05, 0.1) is 13.2 Å². The summed E-state index contributed by atoms with van der Waals surface area (Å²) in [7, 11) is -4.70. The predicted molar refractivity (Wildman–Crippen MR) is 125 cm³/mol. The largest absolute Gasteiger partial charge is 0.480 e. The maximum Gasteiger partial charge on any atom is 0.472 e. The lowest BCUT2D eigenvalue weighted by atomic mass is 10.1. The summed E-state index contributed by atoms with van der Waals surface area (Å²) in [5.41, 5.74) is 0. The second-order valence-electron chi connectivity index (χ2n) is 8.18. The van der Waals surface area contributed by atoms with Crippen LogP contribution in [0.5, 0.6) is 0 Å². The molecule has 34 heavy (non-hydrogen) atoms. The summed E-state index contributed by atoms with van der Waals surface area (Å²) in [6.45, 7) is 2.03. The molecule has 0 aromatic carbocycles. The third-order valence-corrected chi connectivity index (χ3v) is 5.82. The Labute approximate surface area is 202 Å². The summed E-state index contributed by atoms with van der Waals surface area (Å²) >= 11 is 0. The molecule has 3 atom stereocenters. The van der Waals surface area contributed by atoms with Crippen LogP contribution in [0, 0.1) is 0 Å². The van der Waals surface area contributed by atoms with Gasteiger partial charge in [-0.05, 0) is 12.8 Å². The van der Waals surface area contributed by atoms with Crippen molar-refractivity contribution in [3.63, 3.8) is 0 Å². The highest BCUT2D eigenvalue weighted by Crippen LogP contribution is 2.43. The molecule has 12 heteroatoms. The van der Waals surface area contributed by atoms with Crippen LogP contribution in [0.4, 0.5) is 0 Å². The number of aliphatic hydroxyl groups is 1. The van der Waals surface area contributed by atoms with Gasteiger partial charge in [0.25, 0.3) is 0 Å². The highest BCUT2D eigenvalue weighted by atomic mass is 31.2. The van der Waals surface area contributed by atoms with Crippen LogP contribution in [0.1, 0.15) is 90.9 Å². The molecule has 0 aromatic heterocycles. The van der Waals surface area contributed by atoms with Gasteiger partial charge in [-0.3, -0.25) is 18.6 Å². The number of carboxylic acid groups (broad SMARTS) is 1. The molecule has 0 aliphatic carbocycles. The molecule has 0 saturated carbocycles. The van der Waals surface area contributed by atoms with Crippen molar-refractivity contribution >= 4 is 25.7 Å². The quantitative estimate of drug-likeness (QED) is 0.0961. The van der Waals surface area contributed by atoms with E-state index in [0.717, 1.165) is 19.3 Å². The van der Waals surface area contributed by atoms with Gasteiger partial charge in [-0.15, -0.1) is 0 Å². The number of esters is 1. The van der Waals surface area contributed by atoms with Crippen LogP contribution >= 0.6 is 7.82 Å². The molecule has 0 aliphatic heterocycles. The molecule has 0 heterocycles. The summed E-state index contributed by atoms with van der Waals surface area (Å²) in [6.07, 6.45) is 9.52. The number of phosphoric acid groups is 1. The smallest absolute Gasteiger partial charge is 0.472 e. The summed E-state index contributed by atoms with van der Waals surface area (Å²) in [5, 5.41) is 21.0. The Balaban J connectivity index is 4.01. The highest BCUT2D eigenvalue weighted by Gasteiger charge is 2.28. The SMILES string of the molecule is CCCCCCCCCCCC(=O)OCC(O)COP(=O)(O)OCC(NC(=O)CCC)C(=O)O. The molecule has 0 saturated heterocycles. The van der Waals surface area contributed by atoms with Crippen molar-refractivity contribution < 1.29 is 47.8 Å². The van der Waals surface area contributed by atoms with E-state index in [1.54, 1.807) is 6.92 Å². The fourth-order valence-corrected chi connectivity index (χ4v) is 3.72. The molecule has 1 amide bonds. The molecule has 0 aliphatic rings. The van der Waals surface area contributed by atoms with Crippen LogP contribution in [0.15, 0.2) is 0 Å². The van der Waals surface area contributed by atoms with Gasteiger partial charge in [0.1, 0.15) is 12.7 Å². The Morgan fingerprint density at radius 3 is 1.94 bits per heavy atom.